The molecular formula is C10H11. The first kappa shape index (κ1) is 7.07. The highest BCUT2D eigenvalue weighted by molar-refractivity contribution is 5.50. The molecule has 1 aromatic carbocycles. The lowest BCUT2D eigenvalue weighted by Gasteiger charge is -1.99. The van der Waals surface area contributed by atoms with Gasteiger partial charge >= 0.3 is 0 Å². The summed E-state index contributed by atoms with van der Waals surface area (Å²) in [5, 5.41) is 0. The van der Waals surface area contributed by atoms with E-state index in [9.17, 15) is 0 Å². The van der Waals surface area contributed by atoms with Gasteiger partial charge in [-0.25, -0.2) is 0 Å². The van der Waals surface area contributed by atoms with Gasteiger partial charge in [-0.05, 0) is 23.6 Å². The van der Waals surface area contributed by atoms with Gasteiger partial charge in [0.15, 0.2) is 0 Å². The maximum Gasteiger partial charge on any atom is -0.0103 e. The van der Waals surface area contributed by atoms with E-state index in [2.05, 4.69) is 25.6 Å². The summed E-state index contributed by atoms with van der Waals surface area (Å²) in [4.78, 5) is 0. The molecule has 0 N–H and O–H groups in total. The Bertz CT molecular complexity index is 223. The predicted octanol–water partition coefficient (Wildman–Crippen LogP) is 2.69. The smallest absolute Gasteiger partial charge is 0.0103 e. The molecule has 51 valence electrons. The molecule has 0 saturated carbocycles. The van der Waals surface area contributed by atoms with E-state index in [4.69, 9.17) is 0 Å². The van der Waals surface area contributed by atoms with E-state index < -0.39 is 0 Å². The molecule has 0 unspecified atom stereocenters. The summed E-state index contributed by atoms with van der Waals surface area (Å²) in [6.45, 7) is 5.84. The molecule has 1 radical (unpaired) electrons. The molecule has 0 aliphatic heterocycles. The fraction of sp³-hybridized carbons (Fsp3) is 0.200. The minimum Gasteiger partial charge on any atom is -0.0984 e. The van der Waals surface area contributed by atoms with Gasteiger partial charge in [0, 0.05) is 0 Å². The third-order valence-electron chi connectivity index (χ3n) is 1.56. The Balaban J connectivity index is 3.08. The zero-order valence-corrected chi connectivity index (χ0v) is 6.22. The van der Waals surface area contributed by atoms with Crippen molar-refractivity contribution in [2.45, 2.75) is 13.3 Å². The van der Waals surface area contributed by atoms with Crippen LogP contribution in [0, 0.1) is 6.07 Å². The van der Waals surface area contributed by atoms with Crippen LogP contribution in [0.25, 0.3) is 6.08 Å². The quantitative estimate of drug-likeness (QED) is 0.579. The summed E-state index contributed by atoms with van der Waals surface area (Å²) in [5.74, 6) is 0. The third kappa shape index (κ3) is 1.27. The molecule has 0 heterocycles. The molecule has 0 aromatic heterocycles. The Hall–Kier alpha value is -1.04. The number of hydrogen-bond donors (Lipinski definition) is 0. The van der Waals surface area contributed by atoms with E-state index >= 15 is 0 Å². The Morgan fingerprint density at radius 1 is 1.70 bits per heavy atom. The first-order chi connectivity index (χ1) is 4.88. The monoisotopic (exact) mass is 131 g/mol. The van der Waals surface area contributed by atoms with Crippen molar-refractivity contribution >= 4 is 6.08 Å². The van der Waals surface area contributed by atoms with Gasteiger partial charge in [-0.1, -0.05) is 37.8 Å². The minimum absolute atomic E-state index is 1.05. The first-order valence-corrected chi connectivity index (χ1v) is 3.50. The highest BCUT2D eigenvalue weighted by atomic mass is 14.0. The van der Waals surface area contributed by atoms with Crippen LogP contribution in [0.5, 0.6) is 0 Å². The molecule has 0 amide bonds. The van der Waals surface area contributed by atoms with Gasteiger partial charge in [-0.3, -0.25) is 0 Å². The maximum atomic E-state index is 3.71. The van der Waals surface area contributed by atoms with Crippen LogP contribution in [-0.4, -0.2) is 0 Å². The predicted molar refractivity (Wildman–Crippen MR) is 44.7 cm³/mol. The van der Waals surface area contributed by atoms with E-state index in [0.717, 1.165) is 12.0 Å². The molecule has 1 rings (SSSR count). The summed E-state index contributed by atoms with van der Waals surface area (Å²) in [5.41, 5.74) is 2.45. The molecule has 0 bridgehead atoms. The molecule has 0 atom stereocenters. The Labute approximate surface area is 62.2 Å². The van der Waals surface area contributed by atoms with Gasteiger partial charge in [-0.2, -0.15) is 0 Å². The van der Waals surface area contributed by atoms with E-state index in [1.807, 2.05) is 18.2 Å². The summed E-state index contributed by atoms with van der Waals surface area (Å²) in [6, 6.07) is 9.14. The van der Waals surface area contributed by atoms with Crippen LogP contribution in [0.2, 0.25) is 0 Å². The lowest BCUT2D eigenvalue weighted by atomic mass is 10.1. The zero-order valence-electron chi connectivity index (χ0n) is 6.22. The van der Waals surface area contributed by atoms with Crippen molar-refractivity contribution < 1.29 is 0 Å². The molecule has 0 fully saturated rings. The number of hydrogen-bond acceptors (Lipinski definition) is 0. The largest absolute Gasteiger partial charge is 0.0984 e. The Morgan fingerprint density at radius 2 is 2.50 bits per heavy atom. The summed E-state index contributed by atoms with van der Waals surface area (Å²) >= 11 is 0. The van der Waals surface area contributed by atoms with Crippen molar-refractivity contribution in [3.05, 3.63) is 42.0 Å². The van der Waals surface area contributed by atoms with Crippen molar-refractivity contribution in [2.75, 3.05) is 0 Å². The van der Waals surface area contributed by atoms with Crippen LogP contribution in [-0.2, 0) is 6.42 Å². The lowest BCUT2D eigenvalue weighted by molar-refractivity contribution is 1.13. The fourth-order valence-electron chi connectivity index (χ4n) is 0.983. The van der Waals surface area contributed by atoms with Gasteiger partial charge in [0.1, 0.15) is 0 Å². The van der Waals surface area contributed by atoms with E-state index in [0.29, 0.717) is 0 Å². The van der Waals surface area contributed by atoms with Crippen LogP contribution in [0.1, 0.15) is 18.1 Å². The molecule has 0 saturated heterocycles. The molecular weight excluding hydrogens is 120 g/mol. The molecule has 0 heteroatoms. The van der Waals surface area contributed by atoms with Gasteiger partial charge in [0.05, 0.1) is 0 Å². The second kappa shape index (κ2) is 3.21. The second-order valence-electron chi connectivity index (χ2n) is 2.17. The minimum atomic E-state index is 1.05. The van der Waals surface area contributed by atoms with Crippen LogP contribution >= 0.6 is 0 Å². The molecule has 0 nitrogen and oxygen atoms in total. The highest BCUT2D eigenvalue weighted by Crippen LogP contribution is 2.08. The summed E-state index contributed by atoms with van der Waals surface area (Å²) in [6.07, 6.45) is 2.90. The number of aryl methyl sites for hydroxylation is 1. The normalized spacial score (nSPS) is 9.30. The van der Waals surface area contributed by atoms with Gasteiger partial charge in [0.2, 0.25) is 0 Å². The van der Waals surface area contributed by atoms with Crippen molar-refractivity contribution in [2.24, 2.45) is 0 Å². The fourth-order valence-corrected chi connectivity index (χ4v) is 0.983. The standard InChI is InChI=1S/C10H11/c1-3-9-7-5-6-8-10(9)4-2/h3,5-6,8H,1,4H2,2H3. The van der Waals surface area contributed by atoms with Crippen molar-refractivity contribution in [1.29, 1.82) is 0 Å². The zero-order chi connectivity index (χ0) is 7.40. The van der Waals surface area contributed by atoms with Crippen LogP contribution in [0.15, 0.2) is 24.8 Å². The average Bonchev–Trinajstić information content (AvgIpc) is 2.04. The van der Waals surface area contributed by atoms with E-state index in [-0.39, 0.29) is 0 Å². The molecule has 0 spiro atoms. The van der Waals surface area contributed by atoms with Crippen molar-refractivity contribution in [1.82, 2.24) is 0 Å². The molecule has 1 aromatic rings. The SMILES string of the molecule is C=Cc1[c]cccc1CC. The average molecular weight is 131 g/mol. The van der Waals surface area contributed by atoms with E-state index in [1.54, 1.807) is 0 Å². The van der Waals surface area contributed by atoms with Crippen LogP contribution in [0.3, 0.4) is 0 Å². The topological polar surface area (TPSA) is 0 Å². The first-order valence-electron chi connectivity index (χ1n) is 3.50. The van der Waals surface area contributed by atoms with Crippen molar-refractivity contribution in [3.8, 4) is 0 Å². The second-order valence-corrected chi connectivity index (χ2v) is 2.17. The van der Waals surface area contributed by atoms with Crippen molar-refractivity contribution in [3.63, 3.8) is 0 Å². The Morgan fingerprint density at radius 3 is 3.00 bits per heavy atom. The molecule has 10 heavy (non-hydrogen) atoms. The molecule has 0 aliphatic rings. The lowest BCUT2D eigenvalue weighted by Crippen LogP contribution is -1.83. The number of benzene rings is 1. The van der Waals surface area contributed by atoms with E-state index in [1.165, 1.54) is 5.56 Å². The summed E-state index contributed by atoms with van der Waals surface area (Å²) < 4.78 is 0. The van der Waals surface area contributed by atoms with Crippen LogP contribution < -0.4 is 0 Å². The Kier molecular flexibility index (Phi) is 2.27. The highest BCUT2D eigenvalue weighted by Gasteiger charge is 1.92. The van der Waals surface area contributed by atoms with Gasteiger partial charge in [-0.15, -0.1) is 0 Å². The van der Waals surface area contributed by atoms with Gasteiger partial charge in [0.25, 0.3) is 0 Å². The third-order valence-corrected chi connectivity index (χ3v) is 1.56. The van der Waals surface area contributed by atoms with Crippen LogP contribution in [0.4, 0.5) is 0 Å². The molecule has 0 aliphatic carbocycles. The summed E-state index contributed by atoms with van der Waals surface area (Å²) in [7, 11) is 0. The number of rotatable bonds is 2. The van der Waals surface area contributed by atoms with Gasteiger partial charge < -0.3 is 0 Å². The maximum absolute atomic E-state index is 3.71.